The zero-order valence-corrected chi connectivity index (χ0v) is 11.5. The monoisotopic (exact) mass is 266 g/mol. The molecule has 2 nitrogen and oxygen atoms in total. The standard InChI is InChI=1S/C18H18O2/c1-20-15-11-9-14(10-12-15)18(19)17-8-4-6-13-5-2-3-7-16(13)17/h2-3,5,7-12,18-19H,4,6H2,1H3. The molecule has 1 unspecified atom stereocenters. The van der Waals surface area contributed by atoms with Gasteiger partial charge in [0.25, 0.3) is 0 Å². The van der Waals surface area contributed by atoms with Crippen LogP contribution in [0.15, 0.2) is 54.6 Å². The molecule has 1 atom stereocenters. The first-order valence-electron chi connectivity index (χ1n) is 6.90. The van der Waals surface area contributed by atoms with Crippen LogP contribution in [0.5, 0.6) is 5.75 Å². The van der Waals surface area contributed by atoms with Crippen molar-refractivity contribution in [3.8, 4) is 5.75 Å². The van der Waals surface area contributed by atoms with E-state index in [-0.39, 0.29) is 0 Å². The topological polar surface area (TPSA) is 29.5 Å². The van der Waals surface area contributed by atoms with Crippen LogP contribution in [0.25, 0.3) is 5.57 Å². The molecular formula is C18H18O2. The van der Waals surface area contributed by atoms with E-state index < -0.39 is 6.10 Å². The van der Waals surface area contributed by atoms with Crippen LogP contribution in [0.3, 0.4) is 0 Å². The molecule has 0 aromatic heterocycles. The SMILES string of the molecule is COc1ccc(C(O)C2=CCCc3ccccc32)cc1. The van der Waals surface area contributed by atoms with Gasteiger partial charge in [-0.25, -0.2) is 0 Å². The highest BCUT2D eigenvalue weighted by Gasteiger charge is 2.20. The van der Waals surface area contributed by atoms with E-state index in [9.17, 15) is 5.11 Å². The highest BCUT2D eigenvalue weighted by molar-refractivity contribution is 5.74. The van der Waals surface area contributed by atoms with Crippen LogP contribution in [0.4, 0.5) is 0 Å². The van der Waals surface area contributed by atoms with Crippen LogP contribution >= 0.6 is 0 Å². The normalized spacial score (nSPS) is 15.2. The maximum Gasteiger partial charge on any atom is 0.118 e. The van der Waals surface area contributed by atoms with Crippen LogP contribution in [-0.2, 0) is 6.42 Å². The molecule has 0 amide bonds. The van der Waals surface area contributed by atoms with E-state index in [0.29, 0.717) is 0 Å². The van der Waals surface area contributed by atoms with E-state index in [1.807, 2.05) is 30.3 Å². The van der Waals surface area contributed by atoms with Gasteiger partial charge in [0.05, 0.1) is 7.11 Å². The lowest BCUT2D eigenvalue weighted by Gasteiger charge is -2.22. The summed E-state index contributed by atoms with van der Waals surface area (Å²) in [6.45, 7) is 0. The predicted octanol–water partition coefficient (Wildman–Crippen LogP) is 3.76. The highest BCUT2D eigenvalue weighted by atomic mass is 16.5. The first kappa shape index (κ1) is 12.9. The lowest BCUT2D eigenvalue weighted by atomic mass is 9.86. The lowest BCUT2D eigenvalue weighted by Crippen LogP contribution is -2.07. The fourth-order valence-electron chi connectivity index (χ4n) is 2.74. The third-order valence-electron chi connectivity index (χ3n) is 3.83. The molecule has 0 radical (unpaired) electrons. The summed E-state index contributed by atoms with van der Waals surface area (Å²) in [6.07, 6.45) is 3.61. The number of rotatable bonds is 3. The van der Waals surface area contributed by atoms with E-state index in [4.69, 9.17) is 4.74 Å². The summed E-state index contributed by atoms with van der Waals surface area (Å²) in [4.78, 5) is 0. The number of benzene rings is 2. The molecule has 1 aliphatic rings. The molecule has 0 fully saturated rings. The van der Waals surface area contributed by atoms with Crippen molar-refractivity contribution in [3.05, 3.63) is 71.3 Å². The summed E-state index contributed by atoms with van der Waals surface area (Å²) < 4.78 is 5.15. The van der Waals surface area contributed by atoms with Crippen LogP contribution < -0.4 is 4.74 Å². The molecule has 1 aliphatic carbocycles. The summed E-state index contributed by atoms with van der Waals surface area (Å²) in [5, 5.41) is 10.6. The number of aliphatic hydroxyl groups is 1. The van der Waals surface area contributed by atoms with Gasteiger partial charge in [-0.15, -0.1) is 0 Å². The number of fused-ring (bicyclic) bond motifs is 1. The van der Waals surface area contributed by atoms with E-state index in [2.05, 4.69) is 24.3 Å². The minimum atomic E-state index is -0.581. The van der Waals surface area contributed by atoms with Gasteiger partial charge in [-0.1, -0.05) is 42.5 Å². The number of allylic oxidation sites excluding steroid dienone is 1. The van der Waals surface area contributed by atoms with Gasteiger partial charge in [-0.2, -0.15) is 0 Å². The fourth-order valence-corrected chi connectivity index (χ4v) is 2.74. The maximum atomic E-state index is 10.6. The van der Waals surface area contributed by atoms with Crippen molar-refractivity contribution in [1.82, 2.24) is 0 Å². The number of hydrogen-bond acceptors (Lipinski definition) is 2. The number of aryl methyl sites for hydroxylation is 1. The Hall–Kier alpha value is -2.06. The molecular weight excluding hydrogens is 248 g/mol. The summed E-state index contributed by atoms with van der Waals surface area (Å²) in [5.74, 6) is 0.805. The van der Waals surface area contributed by atoms with Gasteiger partial charge < -0.3 is 9.84 Å². The quantitative estimate of drug-likeness (QED) is 0.916. The molecule has 1 N–H and O–H groups in total. The first-order chi connectivity index (χ1) is 9.79. The van der Waals surface area contributed by atoms with Gasteiger partial charge in [0.2, 0.25) is 0 Å². The zero-order valence-electron chi connectivity index (χ0n) is 11.5. The molecule has 0 heterocycles. The van der Waals surface area contributed by atoms with Crippen LogP contribution in [0.1, 0.15) is 29.2 Å². The molecule has 0 saturated heterocycles. The Morgan fingerprint density at radius 1 is 1.05 bits per heavy atom. The second-order valence-corrected chi connectivity index (χ2v) is 5.03. The van der Waals surface area contributed by atoms with Crippen molar-refractivity contribution in [2.24, 2.45) is 0 Å². The van der Waals surface area contributed by atoms with Gasteiger partial charge in [0.15, 0.2) is 0 Å². The van der Waals surface area contributed by atoms with Crippen molar-refractivity contribution < 1.29 is 9.84 Å². The van der Waals surface area contributed by atoms with Crippen molar-refractivity contribution >= 4 is 5.57 Å². The van der Waals surface area contributed by atoms with Crippen molar-refractivity contribution in [3.63, 3.8) is 0 Å². The Morgan fingerprint density at radius 2 is 1.80 bits per heavy atom. The minimum absolute atomic E-state index is 0.581. The second-order valence-electron chi connectivity index (χ2n) is 5.03. The summed E-state index contributed by atoms with van der Waals surface area (Å²) in [7, 11) is 1.64. The van der Waals surface area contributed by atoms with E-state index in [1.165, 1.54) is 11.1 Å². The highest BCUT2D eigenvalue weighted by Crippen LogP contribution is 2.36. The molecule has 0 bridgehead atoms. The first-order valence-corrected chi connectivity index (χ1v) is 6.90. The van der Waals surface area contributed by atoms with Gasteiger partial charge in [0, 0.05) is 0 Å². The minimum Gasteiger partial charge on any atom is -0.497 e. The predicted molar refractivity (Wildman–Crippen MR) is 80.7 cm³/mol. The molecule has 20 heavy (non-hydrogen) atoms. The Morgan fingerprint density at radius 3 is 2.55 bits per heavy atom. The van der Waals surface area contributed by atoms with Crippen LogP contribution in [0.2, 0.25) is 0 Å². The molecule has 102 valence electrons. The molecule has 3 rings (SSSR count). The summed E-state index contributed by atoms with van der Waals surface area (Å²) in [6, 6.07) is 15.9. The number of ether oxygens (including phenoxy) is 1. The van der Waals surface area contributed by atoms with E-state index in [0.717, 1.165) is 29.7 Å². The Labute approximate surface area is 119 Å². The number of methoxy groups -OCH3 is 1. The average molecular weight is 266 g/mol. The Balaban J connectivity index is 1.93. The number of aliphatic hydroxyl groups excluding tert-OH is 1. The fraction of sp³-hybridized carbons (Fsp3) is 0.222. The summed E-state index contributed by atoms with van der Waals surface area (Å²) >= 11 is 0. The molecule has 2 aromatic rings. The van der Waals surface area contributed by atoms with Gasteiger partial charge in [0.1, 0.15) is 11.9 Å². The molecule has 2 aromatic carbocycles. The van der Waals surface area contributed by atoms with Gasteiger partial charge in [-0.05, 0) is 47.2 Å². The Kier molecular flexibility index (Phi) is 3.57. The molecule has 0 aliphatic heterocycles. The summed E-state index contributed by atoms with van der Waals surface area (Å²) in [5.41, 5.74) is 4.39. The lowest BCUT2D eigenvalue weighted by molar-refractivity contribution is 0.237. The van der Waals surface area contributed by atoms with E-state index >= 15 is 0 Å². The maximum absolute atomic E-state index is 10.6. The van der Waals surface area contributed by atoms with Gasteiger partial charge >= 0.3 is 0 Å². The van der Waals surface area contributed by atoms with Crippen molar-refractivity contribution in [1.29, 1.82) is 0 Å². The van der Waals surface area contributed by atoms with E-state index in [1.54, 1.807) is 7.11 Å². The third kappa shape index (κ3) is 2.35. The smallest absolute Gasteiger partial charge is 0.118 e. The van der Waals surface area contributed by atoms with Crippen molar-refractivity contribution in [2.45, 2.75) is 18.9 Å². The van der Waals surface area contributed by atoms with Crippen molar-refractivity contribution in [2.75, 3.05) is 7.11 Å². The van der Waals surface area contributed by atoms with Crippen LogP contribution in [-0.4, -0.2) is 12.2 Å². The van der Waals surface area contributed by atoms with Crippen LogP contribution in [0, 0.1) is 0 Å². The average Bonchev–Trinajstić information content (AvgIpc) is 2.54. The molecule has 0 spiro atoms. The number of hydrogen-bond donors (Lipinski definition) is 1. The third-order valence-corrected chi connectivity index (χ3v) is 3.83. The zero-order chi connectivity index (χ0) is 13.9. The largest absolute Gasteiger partial charge is 0.497 e. The van der Waals surface area contributed by atoms with Gasteiger partial charge in [-0.3, -0.25) is 0 Å². The second kappa shape index (κ2) is 5.51. The molecule has 0 saturated carbocycles. The Bertz CT molecular complexity index is 626. The molecule has 2 heteroatoms.